The van der Waals surface area contributed by atoms with Gasteiger partial charge in [-0.25, -0.2) is 0 Å². The molecule has 0 N–H and O–H groups in total. The highest BCUT2D eigenvalue weighted by molar-refractivity contribution is 5.66. The fourth-order valence-electron chi connectivity index (χ4n) is 1.54. The van der Waals surface area contributed by atoms with E-state index in [1.165, 1.54) is 6.92 Å². The summed E-state index contributed by atoms with van der Waals surface area (Å²) in [6, 6.07) is 2.09. The number of nitrogens with zero attached hydrogens (tertiary/aromatic N) is 2. The number of carbonyl (C=O) groups excluding carboxylic acids is 1. The normalized spacial score (nSPS) is 19.1. The summed E-state index contributed by atoms with van der Waals surface area (Å²) in [5.41, 5.74) is 1.58. The molecule has 0 aromatic carbocycles. The van der Waals surface area contributed by atoms with Gasteiger partial charge in [0.15, 0.2) is 0 Å². The van der Waals surface area contributed by atoms with Gasteiger partial charge >= 0.3 is 5.97 Å². The van der Waals surface area contributed by atoms with Crippen LogP contribution in [0.3, 0.4) is 0 Å². The lowest BCUT2D eigenvalue weighted by Gasteiger charge is -2.14. The van der Waals surface area contributed by atoms with Gasteiger partial charge in [0, 0.05) is 26.2 Å². The van der Waals surface area contributed by atoms with Gasteiger partial charge in [0.1, 0.15) is 12.7 Å². The smallest absolute Gasteiger partial charge is 0.302 e. The number of nitriles is 1. The van der Waals surface area contributed by atoms with Crippen LogP contribution < -0.4 is 0 Å². The summed E-state index contributed by atoms with van der Waals surface area (Å²) in [7, 11) is 1.95. The molecule has 0 spiro atoms. The molecular weight excluding hydrogens is 180 g/mol. The average molecular weight is 194 g/mol. The van der Waals surface area contributed by atoms with Crippen LogP contribution in [-0.2, 0) is 9.53 Å². The molecule has 0 aliphatic carbocycles. The van der Waals surface area contributed by atoms with Crippen molar-refractivity contribution in [1.82, 2.24) is 4.90 Å². The minimum absolute atomic E-state index is 0.103. The van der Waals surface area contributed by atoms with Crippen molar-refractivity contribution in [2.75, 3.05) is 20.2 Å². The van der Waals surface area contributed by atoms with E-state index in [4.69, 9.17) is 10.00 Å². The summed E-state index contributed by atoms with van der Waals surface area (Å²) >= 11 is 0. The maximum absolute atomic E-state index is 10.6. The van der Waals surface area contributed by atoms with E-state index in [2.05, 4.69) is 6.07 Å². The highest BCUT2D eigenvalue weighted by Gasteiger charge is 2.17. The first-order chi connectivity index (χ1) is 6.65. The van der Waals surface area contributed by atoms with Crippen molar-refractivity contribution >= 4 is 5.97 Å². The van der Waals surface area contributed by atoms with Gasteiger partial charge in [-0.15, -0.1) is 0 Å². The molecule has 14 heavy (non-hydrogen) atoms. The highest BCUT2D eigenvalue weighted by Crippen LogP contribution is 2.22. The van der Waals surface area contributed by atoms with Crippen molar-refractivity contribution in [3.05, 3.63) is 11.3 Å². The van der Waals surface area contributed by atoms with Crippen LogP contribution in [-0.4, -0.2) is 31.1 Å². The van der Waals surface area contributed by atoms with Crippen molar-refractivity contribution in [2.45, 2.75) is 19.8 Å². The van der Waals surface area contributed by atoms with Crippen LogP contribution in [0.4, 0.5) is 0 Å². The average Bonchev–Trinajstić information content (AvgIpc) is 2.53. The second-order valence-electron chi connectivity index (χ2n) is 3.34. The Bertz CT molecular complexity index is 302. The Kier molecular flexibility index (Phi) is 3.52. The SMILES string of the molecule is CC(=O)OC/C(C#N)=C1/CCCN1C. The molecule has 1 rings (SSSR count). The van der Waals surface area contributed by atoms with Gasteiger partial charge in [-0.05, 0) is 12.8 Å². The highest BCUT2D eigenvalue weighted by atomic mass is 16.5. The zero-order valence-electron chi connectivity index (χ0n) is 8.54. The van der Waals surface area contributed by atoms with E-state index in [0.29, 0.717) is 5.57 Å². The predicted octanol–water partition coefficient (Wildman–Crippen LogP) is 1.05. The standard InChI is InChI=1S/C10H14N2O2/c1-8(13)14-7-9(6-11)10-4-3-5-12(10)2/h3-5,7H2,1-2H3/b10-9-. The molecule has 0 aromatic rings. The third kappa shape index (κ3) is 2.49. The van der Waals surface area contributed by atoms with Crippen molar-refractivity contribution in [1.29, 1.82) is 5.26 Å². The molecule has 0 saturated carbocycles. The number of ether oxygens (including phenoxy) is 1. The fraction of sp³-hybridized carbons (Fsp3) is 0.600. The third-order valence-electron chi connectivity index (χ3n) is 2.27. The van der Waals surface area contributed by atoms with Crippen molar-refractivity contribution in [2.24, 2.45) is 0 Å². The Morgan fingerprint density at radius 1 is 1.71 bits per heavy atom. The summed E-state index contributed by atoms with van der Waals surface area (Å²) in [5.74, 6) is -0.348. The number of allylic oxidation sites excluding steroid dienone is 1. The van der Waals surface area contributed by atoms with Crippen LogP contribution in [0.2, 0.25) is 0 Å². The molecule has 0 unspecified atom stereocenters. The second kappa shape index (κ2) is 4.66. The van der Waals surface area contributed by atoms with Crippen molar-refractivity contribution < 1.29 is 9.53 Å². The Morgan fingerprint density at radius 2 is 2.43 bits per heavy atom. The Morgan fingerprint density at radius 3 is 2.86 bits per heavy atom. The minimum Gasteiger partial charge on any atom is -0.460 e. The maximum atomic E-state index is 10.6. The van der Waals surface area contributed by atoms with E-state index in [-0.39, 0.29) is 12.6 Å². The lowest BCUT2D eigenvalue weighted by Crippen LogP contribution is -2.14. The molecule has 4 nitrogen and oxygen atoms in total. The molecule has 0 aromatic heterocycles. The lowest BCUT2D eigenvalue weighted by atomic mass is 10.2. The number of likely N-dealkylation sites (tertiary alicyclic amines) is 1. The van der Waals surface area contributed by atoms with Gasteiger partial charge < -0.3 is 9.64 Å². The minimum atomic E-state index is -0.348. The first-order valence-electron chi connectivity index (χ1n) is 4.61. The van der Waals surface area contributed by atoms with E-state index in [0.717, 1.165) is 25.1 Å². The van der Waals surface area contributed by atoms with Crippen LogP contribution in [0.15, 0.2) is 11.3 Å². The quantitative estimate of drug-likeness (QED) is 0.487. The number of hydrogen-bond acceptors (Lipinski definition) is 4. The van der Waals surface area contributed by atoms with Gasteiger partial charge in [0.2, 0.25) is 0 Å². The molecular formula is C10H14N2O2. The zero-order valence-corrected chi connectivity index (χ0v) is 8.54. The summed E-state index contributed by atoms with van der Waals surface area (Å²) in [5, 5.41) is 8.89. The van der Waals surface area contributed by atoms with Gasteiger partial charge in [-0.1, -0.05) is 0 Å². The zero-order chi connectivity index (χ0) is 10.6. The molecule has 0 bridgehead atoms. The molecule has 0 radical (unpaired) electrons. The monoisotopic (exact) mass is 194 g/mol. The van der Waals surface area contributed by atoms with Crippen LogP contribution in [0.1, 0.15) is 19.8 Å². The molecule has 4 heteroatoms. The predicted molar refractivity (Wildman–Crippen MR) is 51.1 cm³/mol. The molecule has 76 valence electrons. The molecule has 0 amide bonds. The van der Waals surface area contributed by atoms with Gasteiger partial charge in [-0.3, -0.25) is 4.79 Å². The van der Waals surface area contributed by atoms with E-state index in [1.54, 1.807) is 0 Å². The summed E-state index contributed by atoms with van der Waals surface area (Å²) in [4.78, 5) is 12.6. The third-order valence-corrected chi connectivity index (χ3v) is 2.27. The number of carbonyl (C=O) groups is 1. The molecule has 1 fully saturated rings. The number of rotatable bonds is 2. The maximum Gasteiger partial charge on any atom is 0.302 e. The van der Waals surface area contributed by atoms with Gasteiger partial charge in [0.05, 0.1) is 5.57 Å². The van der Waals surface area contributed by atoms with Crippen molar-refractivity contribution in [3.63, 3.8) is 0 Å². The van der Waals surface area contributed by atoms with Crippen LogP contribution in [0.5, 0.6) is 0 Å². The number of hydrogen-bond donors (Lipinski definition) is 0. The molecule has 1 saturated heterocycles. The topological polar surface area (TPSA) is 53.3 Å². The first-order valence-corrected chi connectivity index (χ1v) is 4.61. The molecule has 1 aliphatic heterocycles. The Hall–Kier alpha value is -1.50. The van der Waals surface area contributed by atoms with Crippen LogP contribution in [0, 0.1) is 11.3 Å². The first kappa shape index (κ1) is 10.6. The van der Waals surface area contributed by atoms with Crippen molar-refractivity contribution in [3.8, 4) is 6.07 Å². The molecule has 0 atom stereocenters. The second-order valence-corrected chi connectivity index (χ2v) is 3.34. The molecule has 1 aliphatic rings. The van der Waals surface area contributed by atoms with Gasteiger partial charge in [0.25, 0.3) is 0 Å². The van der Waals surface area contributed by atoms with Gasteiger partial charge in [-0.2, -0.15) is 5.26 Å². The fourth-order valence-corrected chi connectivity index (χ4v) is 1.54. The summed E-state index contributed by atoms with van der Waals surface area (Å²) in [6.07, 6.45) is 1.97. The molecule has 1 heterocycles. The van der Waals surface area contributed by atoms with E-state index in [9.17, 15) is 4.79 Å². The summed E-state index contributed by atoms with van der Waals surface area (Å²) < 4.78 is 4.81. The number of esters is 1. The van der Waals surface area contributed by atoms with E-state index < -0.39 is 0 Å². The lowest BCUT2D eigenvalue weighted by molar-refractivity contribution is -0.139. The van der Waals surface area contributed by atoms with E-state index in [1.807, 2.05) is 11.9 Å². The van der Waals surface area contributed by atoms with E-state index >= 15 is 0 Å². The Balaban J connectivity index is 2.69. The van der Waals surface area contributed by atoms with Crippen LogP contribution >= 0.6 is 0 Å². The Labute approximate surface area is 83.8 Å². The largest absolute Gasteiger partial charge is 0.460 e. The summed E-state index contributed by atoms with van der Waals surface area (Å²) in [6.45, 7) is 2.42. The van der Waals surface area contributed by atoms with Crippen LogP contribution in [0.25, 0.3) is 0 Å².